The number of methoxy groups -OCH3 is 1. The molecule has 154 valence electrons. The zero-order valence-electron chi connectivity index (χ0n) is 16.5. The number of hydrogen-bond acceptors (Lipinski definition) is 4. The molecule has 0 radical (unpaired) electrons. The number of fused-ring (bicyclic) bond motifs is 2. The van der Waals surface area contributed by atoms with Crippen LogP contribution in [0.5, 0.6) is 5.75 Å². The van der Waals surface area contributed by atoms with Gasteiger partial charge in [-0.1, -0.05) is 6.42 Å². The molecule has 0 spiro atoms. The second kappa shape index (κ2) is 8.03. The van der Waals surface area contributed by atoms with Gasteiger partial charge >= 0.3 is 0 Å². The zero-order valence-corrected chi connectivity index (χ0v) is 17.3. The summed E-state index contributed by atoms with van der Waals surface area (Å²) in [6, 6.07) is 5.31. The predicted octanol–water partition coefficient (Wildman–Crippen LogP) is 2.72. The Morgan fingerprint density at radius 1 is 1.21 bits per heavy atom. The van der Waals surface area contributed by atoms with E-state index in [1.54, 1.807) is 29.6 Å². The van der Waals surface area contributed by atoms with Crippen LogP contribution in [0.3, 0.4) is 0 Å². The summed E-state index contributed by atoms with van der Waals surface area (Å²) in [6.45, 7) is 1.16. The smallest absolute Gasteiger partial charge is 0.243 e. The Bertz CT molecular complexity index is 833. The van der Waals surface area contributed by atoms with Crippen molar-refractivity contribution in [2.24, 2.45) is 11.8 Å². The van der Waals surface area contributed by atoms with Gasteiger partial charge in [0.1, 0.15) is 5.75 Å². The highest BCUT2D eigenvalue weighted by Gasteiger charge is 2.40. The van der Waals surface area contributed by atoms with Gasteiger partial charge in [0.2, 0.25) is 15.9 Å². The van der Waals surface area contributed by atoms with E-state index < -0.39 is 10.0 Å². The Kier molecular flexibility index (Phi) is 5.65. The maximum atomic E-state index is 12.8. The van der Waals surface area contributed by atoms with Crippen molar-refractivity contribution in [2.75, 3.05) is 20.2 Å². The summed E-state index contributed by atoms with van der Waals surface area (Å²) in [5.74, 6) is 2.13. The SMILES string of the molecule is COc1ccc(S(=O)(=O)N2CCCC2)cc1CCC(=O)N[C@H]1C[C@@H]2CC[C@@H]1C2. The molecule has 2 bridgehead atoms. The number of aryl methyl sites for hydroxylation is 1. The monoisotopic (exact) mass is 406 g/mol. The molecule has 0 unspecified atom stereocenters. The van der Waals surface area contributed by atoms with Gasteiger partial charge in [0.15, 0.2) is 0 Å². The van der Waals surface area contributed by atoms with E-state index in [0.29, 0.717) is 48.5 Å². The molecule has 1 heterocycles. The molecule has 0 aromatic heterocycles. The van der Waals surface area contributed by atoms with Crippen molar-refractivity contribution in [1.29, 1.82) is 0 Å². The molecule has 28 heavy (non-hydrogen) atoms. The number of rotatable bonds is 7. The lowest BCUT2D eigenvalue weighted by Crippen LogP contribution is -2.38. The van der Waals surface area contributed by atoms with Crippen LogP contribution in [0.25, 0.3) is 0 Å². The summed E-state index contributed by atoms with van der Waals surface area (Å²) in [6.07, 6.45) is 7.55. The van der Waals surface area contributed by atoms with Gasteiger partial charge in [-0.05, 0) is 74.1 Å². The number of nitrogens with one attached hydrogen (secondary N) is 1. The van der Waals surface area contributed by atoms with E-state index in [4.69, 9.17) is 4.74 Å². The third-order valence-corrected chi connectivity index (χ3v) is 8.56. The number of ether oxygens (including phenoxy) is 1. The van der Waals surface area contributed by atoms with Crippen LogP contribution in [-0.2, 0) is 21.2 Å². The first-order valence-electron chi connectivity index (χ1n) is 10.4. The Morgan fingerprint density at radius 2 is 2.00 bits per heavy atom. The van der Waals surface area contributed by atoms with Crippen LogP contribution in [0, 0.1) is 11.8 Å². The van der Waals surface area contributed by atoms with E-state index in [2.05, 4.69) is 5.32 Å². The van der Waals surface area contributed by atoms with Crippen LogP contribution in [-0.4, -0.2) is 44.9 Å². The Balaban J connectivity index is 1.42. The summed E-state index contributed by atoms with van der Waals surface area (Å²) in [7, 11) is -1.90. The highest BCUT2D eigenvalue weighted by atomic mass is 32.2. The van der Waals surface area contributed by atoms with Crippen molar-refractivity contribution in [3.05, 3.63) is 23.8 Å². The second-order valence-corrected chi connectivity index (χ2v) is 10.4. The minimum absolute atomic E-state index is 0.0485. The average Bonchev–Trinajstić information content (AvgIpc) is 3.44. The number of sulfonamides is 1. The number of hydrogen-bond donors (Lipinski definition) is 1. The van der Waals surface area contributed by atoms with Gasteiger partial charge in [-0.2, -0.15) is 4.31 Å². The minimum atomic E-state index is -3.47. The van der Waals surface area contributed by atoms with Crippen LogP contribution in [0.15, 0.2) is 23.1 Å². The molecule has 1 aliphatic heterocycles. The van der Waals surface area contributed by atoms with E-state index in [0.717, 1.165) is 30.7 Å². The minimum Gasteiger partial charge on any atom is -0.496 e. The molecule has 2 aliphatic carbocycles. The van der Waals surface area contributed by atoms with Gasteiger partial charge in [-0.25, -0.2) is 8.42 Å². The van der Waals surface area contributed by atoms with Gasteiger partial charge in [0.25, 0.3) is 0 Å². The van der Waals surface area contributed by atoms with Gasteiger partial charge in [-0.15, -0.1) is 0 Å². The number of amides is 1. The van der Waals surface area contributed by atoms with E-state index in [9.17, 15) is 13.2 Å². The van der Waals surface area contributed by atoms with Gasteiger partial charge < -0.3 is 10.1 Å². The standard InChI is InChI=1S/C21H30N2O4S/c1-27-20-8-7-18(28(25,26)23-10-2-3-11-23)14-17(20)6-9-21(24)22-19-13-15-4-5-16(19)12-15/h7-8,14-16,19H,2-6,9-13H2,1H3,(H,22,24)/t15-,16-,19+/m1/s1. The largest absolute Gasteiger partial charge is 0.496 e. The first-order chi connectivity index (χ1) is 13.5. The third-order valence-electron chi connectivity index (χ3n) is 6.66. The molecule has 3 atom stereocenters. The zero-order chi connectivity index (χ0) is 19.7. The summed E-state index contributed by atoms with van der Waals surface area (Å²) in [5.41, 5.74) is 0.769. The lowest BCUT2D eigenvalue weighted by molar-refractivity contribution is -0.122. The molecule has 1 amide bonds. The topological polar surface area (TPSA) is 75.7 Å². The fourth-order valence-corrected chi connectivity index (χ4v) is 6.71. The molecular weight excluding hydrogens is 376 g/mol. The van der Waals surface area contributed by atoms with Gasteiger partial charge in [0, 0.05) is 25.6 Å². The number of carbonyl (C=O) groups excluding carboxylic acids is 1. The molecule has 1 N–H and O–H groups in total. The molecule has 1 aromatic carbocycles. The van der Waals surface area contributed by atoms with Crippen LogP contribution in [0.2, 0.25) is 0 Å². The lowest BCUT2D eigenvalue weighted by Gasteiger charge is -2.23. The molecule has 4 rings (SSSR count). The fourth-order valence-electron chi connectivity index (χ4n) is 5.14. The Morgan fingerprint density at radius 3 is 2.64 bits per heavy atom. The average molecular weight is 407 g/mol. The molecule has 3 fully saturated rings. The van der Waals surface area contributed by atoms with Gasteiger partial charge in [0.05, 0.1) is 12.0 Å². The summed E-state index contributed by atoms with van der Waals surface area (Å²) < 4.78 is 32.6. The van der Waals surface area contributed by atoms with Gasteiger partial charge in [-0.3, -0.25) is 4.79 Å². The van der Waals surface area contributed by atoms with Crippen LogP contribution >= 0.6 is 0 Å². The number of carbonyl (C=O) groups is 1. The van der Waals surface area contributed by atoms with Crippen molar-refractivity contribution >= 4 is 15.9 Å². The first-order valence-corrected chi connectivity index (χ1v) is 11.9. The highest BCUT2D eigenvalue weighted by molar-refractivity contribution is 7.89. The Labute approximate surface area is 167 Å². The van der Waals surface area contributed by atoms with Crippen molar-refractivity contribution in [2.45, 2.75) is 62.3 Å². The third kappa shape index (κ3) is 3.92. The molecule has 3 aliphatic rings. The van der Waals surface area contributed by atoms with Crippen LogP contribution in [0.4, 0.5) is 0 Å². The first kappa shape index (κ1) is 19.7. The van der Waals surface area contributed by atoms with Crippen LogP contribution < -0.4 is 10.1 Å². The second-order valence-electron chi connectivity index (χ2n) is 8.43. The summed E-state index contributed by atoms with van der Waals surface area (Å²) >= 11 is 0. The molecule has 6 nitrogen and oxygen atoms in total. The van der Waals surface area contributed by atoms with Crippen molar-refractivity contribution in [1.82, 2.24) is 9.62 Å². The van der Waals surface area contributed by atoms with E-state index in [-0.39, 0.29) is 5.91 Å². The number of benzene rings is 1. The maximum Gasteiger partial charge on any atom is 0.243 e. The molecule has 1 aromatic rings. The maximum absolute atomic E-state index is 12.8. The normalized spacial score (nSPS) is 27.2. The molecule has 1 saturated heterocycles. The van der Waals surface area contributed by atoms with E-state index in [1.165, 1.54) is 19.3 Å². The van der Waals surface area contributed by atoms with E-state index in [1.807, 2.05) is 0 Å². The number of nitrogens with zero attached hydrogens (tertiary/aromatic N) is 1. The Hall–Kier alpha value is -1.60. The summed E-state index contributed by atoms with van der Waals surface area (Å²) in [4.78, 5) is 12.8. The quantitative estimate of drug-likeness (QED) is 0.755. The predicted molar refractivity (Wildman–Crippen MR) is 107 cm³/mol. The van der Waals surface area contributed by atoms with E-state index >= 15 is 0 Å². The van der Waals surface area contributed by atoms with Crippen molar-refractivity contribution in [3.8, 4) is 5.75 Å². The molecule has 7 heteroatoms. The molecular formula is C21H30N2O4S. The van der Waals surface area contributed by atoms with Crippen molar-refractivity contribution in [3.63, 3.8) is 0 Å². The molecule has 2 saturated carbocycles. The highest BCUT2D eigenvalue weighted by Crippen LogP contribution is 2.44. The van der Waals surface area contributed by atoms with Crippen molar-refractivity contribution < 1.29 is 17.9 Å². The summed E-state index contributed by atoms with van der Waals surface area (Å²) in [5, 5.41) is 3.20. The van der Waals surface area contributed by atoms with Crippen LogP contribution in [0.1, 0.15) is 50.5 Å². The lowest BCUT2D eigenvalue weighted by atomic mass is 9.95. The fraction of sp³-hybridized carbons (Fsp3) is 0.667.